The smallest absolute Gasteiger partial charge is 0.306 e. The topological polar surface area (TPSA) is 81.4 Å². The minimum absolute atomic E-state index is 0.0426. The number of anilines is 1. The zero-order valence-electron chi connectivity index (χ0n) is 11.3. The number of rotatable bonds is 6. The van der Waals surface area contributed by atoms with E-state index in [2.05, 4.69) is 5.32 Å². The molecule has 5 heteroatoms. The maximum Gasteiger partial charge on any atom is 0.306 e. The molecule has 0 unspecified atom stereocenters. The fraction of sp³-hybridized carbons (Fsp3) is 0.429. The summed E-state index contributed by atoms with van der Waals surface area (Å²) in [4.78, 5) is 22.7. The van der Waals surface area contributed by atoms with Crippen LogP contribution in [0.1, 0.15) is 25.8 Å². The van der Waals surface area contributed by atoms with Gasteiger partial charge in [0.15, 0.2) is 6.61 Å². The Morgan fingerprint density at radius 3 is 2.47 bits per heavy atom. The predicted octanol–water partition coefficient (Wildman–Crippen LogP) is 1.27. The van der Waals surface area contributed by atoms with Crippen LogP contribution in [0.4, 0.5) is 5.69 Å². The van der Waals surface area contributed by atoms with Crippen molar-refractivity contribution in [1.29, 1.82) is 0 Å². The summed E-state index contributed by atoms with van der Waals surface area (Å²) in [5.74, 6) is -0.661. The summed E-state index contributed by atoms with van der Waals surface area (Å²) in [5, 5.41) is 2.65. The number of nitrogens with two attached hydrogens (primary N) is 1. The number of nitrogen functional groups attached to an aromatic ring is 1. The number of nitrogens with one attached hydrogen (secondary N) is 1. The molecule has 5 nitrogen and oxygen atoms in total. The highest BCUT2D eigenvalue weighted by molar-refractivity contribution is 5.80. The van der Waals surface area contributed by atoms with Crippen LogP contribution >= 0.6 is 0 Å². The SMILES string of the molecule is CC(C)NC(=O)COC(=O)CCc1ccc(N)cc1. The van der Waals surface area contributed by atoms with E-state index < -0.39 is 0 Å². The number of hydrogen-bond acceptors (Lipinski definition) is 4. The van der Waals surface area contributed by atoms with Crippen molar-refractivity contribution in [3.8, 4) is 0 Å². The maximum absolute atomic E-state index is 11.4. The highest BCUT2D eigenvalue weighted by Gasteiger charge is 2.08. The molecule has 1 aromatic carbocycles. The number of amides is 1. The van der Waals surface area contributed by atoms with Crippen LogP contribution < -0.4 is 11.1 Å². The number of benzene rings is 1. The van der Waals surface area contributed by atoms with E-state index in [-0.39, 0.29) is 30.9 Å². The molecule has 0 spiro atoms. The number of hydrogen-bond donors (Lipinski definition) is 2. The Bertz CT molecular complexity index is 427. The van der Waals surface area contributed by atoms with Gasteiger partial charge < -0.3 is 15.8 Å². The molecule has 0 aromatic heterocycles. The van der Waals surface area contributed by atoms with Gasteiger partial charge in [0.05, 0.1) is 0 Å². The molecule has 1 amide bonds. The van der Waals surface area contributed by atoms with Gasteiger partial charge in [-0.25, -0.2) is 0 Å². The van der Waals surface area contributed by atoms with Crippen molar-refractivity contribution in [2.45, 2.75) is 32.7 Å². The van der Waals surface area contributed by atoms with Crippen molar-refractivity contribution in [2.24, 2.45) is 0 Å². The van der Waals surface area contributed by atoms with Gasteiger partial charge in [-0.1, -0.05) is 12.1 Å². The van der Waals surface area contributed by atoms with Gasteiger partial charge in [-0.15, -0.1) is 0 Å². The van der Waals surface area contributed by atoms with Crippen LogP contribution in [0.3, 0.4) is 0 Å². The third-order valence-electron chi connectivity index (χ3n) is 2.41. The second kappa shape index (κ2) is 7.41. The molecule has 1 rings (SSSR count). The van der Waals surface area contributed by atoms with Gasteiger partial charge in [-0.2, -0.15) is 0 Å². The predicted molar refractivity (Wildman–Crippen MR) is 73.4 cm³/mol. The summed E-state index contributed by atoms with van der Waals surface area (Å²) in [6.45, 7) is 3.47. The van der Waals surface area contributed by atoms with Crippen LogP contribution in [0.25, 0.3) is 0 Å². The highest BCUT2D eigenvalue weighted by atomic mass is 16.5. The number of carbonyl (C=O) groups is 2. The van der Waals surface area contributed by atoms with Crippen LogP contribution in [0, 0.1) is 0 Å². The Labute approximate surface area is 113 Å². The molecule has 1 aromatic rings. The van der Waals surface area contributed by atoms with E-state index >= 15 is 0 Å². The fourth-order valence-corrected chi connectivity index (χ4v) is 1.51. The lowest BCUT2D eigenvalue weighted by Gasteiger charge is -2.08. The quantitative estimate of drug-likeness (QED) is 0.599. The molecule has 0 radical (unpaired) electrons. The van der Waals surface area contributed by atoms with Gasteiger partial charge in [0.25, 0.3) is 5.91 Å². The summed E-state index contributed by atoms with van der Waals surface area (Å²) in [6, 6.07) is 7.36. The average Bonchev–Trinajstić information content (AvgIpc) is 2.35. The van der Waals surface area contributed by atoms with E-state index in [1.165, 1.54) is 0 Å². The average molecular weight is 264 g/mol. The Balaban J connectivity index is 2.24. The van der Waals surface area contributed by atoms with Crippen molar-refractivity contribution in [3.05, 3.63) is 29.8 Å². The lowest BCUT2D eigenvalue weighted by Crippen LogP contribution is -2.34. The fourth-order valence-electron chi connectivity index (χ4n) is 1.51. The van der Waals surface area contributed by atoms with E-state index in [4.69, 9.17) is 10.5 Å². The van der Waals surface area contributed by atoms with E-state index in [0.29, 0.717) is 12.1 Å². The zero-order chi connectivity index (χ0) is 14.3. The van der Waals surface area contributed by atoms with E-state index in [9.17, 15) is 9.59 Å². The summed E-state index contributed by atoms with van der Waals surface area (Å²) >= 11 is 0. The largest absolute Gasteiger partial charge is 0.456 e. The molecule has 0 aliphatic carbocycles. The van der Waals surface area contributed by atoms with Crippen molar-refractivity contribution >= 4 is 17.6 Å². The second-order valence-electron chi connectivity index (χ2n) is 4.62. The number of ether oxygens (including phenoxy) is 1. The first-order chi connectivity index (χ1) is 8.97. The lowest BCUT2D eigenvalue weighted by atomic mass is 10.1. The van der Waals surface area contributed by atoms with Crippen molar-refractivity contribution in [2.75, 3.05) is 12.3 Å². The summed E-state index contributed by atoms with van der Waals surface area (Å²) in [5.41, 5.74) is 7.27. The van der Waals surface area contributed by atoms with Crippen LogP contribution in [-0.4, -0.2) is 24.5 Å². The minimum atomic E-state index is -0.379. The maximum atomic E-state index is 11.4. The van der Waals surface area contributed by atoms with Gasteiger partial charge in [0, 0.05) is 18.2 Å². The minimum Gasteiger partial charge on any atom is -0.456 e. The standard InChI is InChI=1S/C14H20N2O3/c1-10(2)16-13(17)9-19-14(18)8-5-11-3-6-12(15)7-4-11/h3-4,6-7,10H,5,8-9,15H2,1-2H3,(H,16,17). The molecule has 0 saturated carbocycles. The van der Waals surface area contributed by atoms with Gasteiger partial charge in [0.2, 0.25) is 0 Å². The molecule has 0 atom stereocenters. The van der Waals surface area contributed by atoms with Gasteiger partial charge in [-0.3, -0.25) is 9.59 Å². The van der Waals surface area contributed by atoms with E-state index in [1.54, 1.807) is 12.1 Å². The molecule has 104 valence electrons. The summed E-state index contributed by atoms with van der Waals surface area (Å²) in [7, 11) is 0. The summed E-state index contributed by atoms with van der Waals surface area (Å²) < 4.78 is 4.87. The zero-order valence-corrected chi connectivity index (χ0v) is 11.3. The molecule has 0 bridgehead atoms. The third kappa shape index (κ3) is 6.45. The molecular formula is C14H20N2O3. The first-order valence-electron chi connectivity index (χ1n) is 6.27. The number of esters is 1. The Morgan fingerprint density at radius 2 is 1.89 bits per heavy atom. The van der Waals surface area contributed by atoms with Crippen molar-refractivity contribution in [3.63, 3.8) is 0 Å². The molecule has 3 N–H and O–H groups in total. The second-order valence-corrected chi connectivity index (χ2v) is 4.62. The molecule has 0 aliphatic rings. The van der Waals surface area contributed by atoms with E-state index in [1.807, 2.05) is 26.0 Å². The Morgan fingerprint density at radius 1 is 1.26 bits per heavy atom. The molecule has 0 saturated heterocycles. The van der Waals surface area contributed by atoms with Crippen LogP contribution in [-0.2, 0) is 20.7 Å². The molecule has 19 heavy (non-hydrogen) atoms. The van der Waals surface area contributed by atoms with Crippen LogP contribution in [0.2, 0.25) is 0 Å². The lowest BCUT2D eigenvalue weighted by molar-refractivity contribution is -0.148. The molecular weight excluding hydrogens is 244 g/mol. The molecule has 0 aliphatic heterocycles. The Hall–Kier alpha value is -2.04. The third-order valence-corrected chi connectivity index (χ3v) is 2.41. The monoisotopic (exact) mass is 264 g/mol. The van der Waals surface area contributed by atoms with E-state index in [0.717, 1.165) is 5.56 Å². The van der Waals surface area contributed by atoms with Crippen LogP contribution in [0.5, 0.6) is 0 Å². The number of carbonyl (C=O) groups excluding carboxylic acids is 2. The van der Waals surface area contributed by atoms with Crippen molar-refractivity contribution in [1.82, 2.24) is 5.32 Å². The van der Waals surface area contributed by atoms with Gasteiger partial charge >= 0.3 is 5.97 Å². The normalized spacial score (nSPS) is 10.3. The first-order valence-corrected chi connectivity index (χ1v) is 6.27. The van der Waals surface area contributed by atoms with Crippen LogP contribution in [0.15, 0.2) is 24.3 Å². The highest BCUT2D eigenvalue weighted by Crippen LogP contribution is 2.08. The number of aryl methyl sites for hydroxylation is 1. The Kier molecular flexibility index (Phi) is 5.85. The molecule has 0 heterocycles. The summed E-state index contributed by atoms with van der Waals surface area (Å²) in [6.07, 6.45) is 0.823. The van der Waals surface area contributed by atoms with Gasteiger partial charge in [0.1, 0.15) is 0 Å². The van der Waals surface area contributed by atoms with Gasteiger partial charge in [-0.05, 0) is 38.0 Å². The first kappa shape index (κ1) is 15.0. The van der Waals surface area contributed by atoms with Crippen molar-refractivity contribution < 1.29 is 14.3 Å². The molecule has 0 fully saturated rings.